The van der Waals surface area contributed by atoms with Gasteiger partial charge in [0.2, 0.25) is 0 Å². The molecule has 1 unspecified atom stereocenters. The molecule has 1 aromatic heterocycles. The Kier molecular flexibility index (Phi) is 3.06. The Morgan fingerprint density at radius 2 is 2.15 bits per heavy atom. The average molecular weight is 270 g/mol. The van der Waals surface area contributed by atoms with Crippen LogP contribution in [0.15, 0.2) is 30.5 Å². The summed E-state index contributed by atoms with van der Waals surface area (Å²) in [5.41, 5.74) is 9.53. The third-order valence-corrected chi connectivity index (χ3v) is 3.64. The molecule has 0 saturated carbocycles. The molecule has 20 heavy (non-hydrogen) atoms. The first-order valence-corrected chi connectivity index (χ1v) is 6.72. The SMILES string of the molecule is Cc1cn(C)nc1C(=O)N1CC(N)Cc2ccccc21. The highest BCUT2D eigenvalue weighted by Gasteiger charge is 2.29. The number of anilines is 1. The molecular weight excluding hydrogens is 252 g/mol. The predicted molar refractivity (Wildman–Crippen MR) is 77.7 cm³/mol. The highest BCUT2D eigenvalue weighted by Crippen LogP contribution is 2.27. The van der Waals surface area contributed by atoms with Crippen LogP contribution in [0.1, 0.15) is 21.6 Å². The van der Waals surface area contributed by atoms with E-state index in [2.05, 4.69) is 5.10 Å². The van der Waals surface area contributed by atoms with E-state index in [-0.39, 0.29) is 11.9 Å². The number of aryl methyl sites for hydroxylation is 2. The maximum Gasteiger partial charge on any atom is 0.279 e. The molecule has 104 valence electrons. The molecule has 0 fully saturated rings. The van der Waals surface area contributed by atoms with Crippen LogP contribution < -0.4 is 10.6 Å². The molecule has 0 aliphatic carbocycles. The molecule has 0 saturated heterocycles. The van der Waals surface area contributed by atoms with E-state index in [1.54, 1.807) is 9.58 Å². The van der Waals surface area contributed by atoms with Gasteiger partial charge in [0.1, 0.15) is 0 Å². The normalized spacial score (nSPS) is 17.9. The number of carbonyl (C=O) groups is 1. The minimum atomic E-state index is -0.0781. The fraction of sp³-hybridized carbons (Fsp3) is 0.333. The smallest absolute Gasteiger partial charge is 0.279 e. The molecule has 2 heterocycles. The monoisotopic (exact) mass is 270 g/mol. The van der Waals surface area contributed by atoms with Gasteiger partial charge in [-0.15, -0.1) is 0 Å². The second kappa shape index (κ2) is 4.76. The summed E-state index contributed by atoms with van der Waals surface area (Å²) in [6, 6.07) is 7.89. The number of amides is 1. The first-order valence-electron chi connectivity index (χ1n) is 6.72. The summed E-state index contributed by atoms with van der Waals surface area (Å²) in [6.45, 7) is 2.43. The highest BCUT2D eigenvalue weighted by molar-refractivity contribution is 6.06. The van der Waals surface area contributed by atoms with Crippen LogP contribution in [0.4, 0.5) is 5.69 Å². The van der Waals surface area contributed by atoms with Gasteiger partial charge in [-0.2, -0.15) is 5.10 Å². The van der Waals surface area contributed by atoms with Crippen LogP contribution in [0.2, 0.25) is 0 Å². The summed E-state index contributed by atoms with van der Waals surface area (Å²) in [4.78, 5) is 14.5. The van der Waals surface area contributed by atoms with Gasteiger partial charge in [-0.1, -0.05) is 18.2 Å². The highest BCUT2D eigenvalue weighted by atomic mass is 16.2. The zero-order valence-electron chi connectivity index (χ0n) is 11.7. The molecule has 1 aromatic carbocycles. The number of fused-ring (bicyclic) bond motifs is 1. The van der Waals surface area contributed by atoms with E-state index in [4.69, 9.17) is 5.73 Å². The number of aromatic nitrogens is 2. The van der Waals surface area contributed by atoms with Gasteiger partial charge >= 0.3 is 0 Å². The minimum Gasteiger partial charge on any atom is -0.326 e. The Balaban J connectivity index is 2.02. The molecule has 5 nitrogen and oxygen atoms in total. The van der Waals surface area contributed by atoms with Gasteiger partial charge in [0.05, 0.1) is 0 Å². The maximum atomic E-state index is 12.7. The summed E-state index contributed by atoms with van der Waals surface area (Å²) < 4.78 is 1.67. The summed E-state index contributed by atoms with van der Waals surface area (Å²) in [5.74, 6) is -0.0781. The van der Waals surface area contributed by atoms with E-state index >= 15 is 0 Å². The largest absolute Gasteiger partial charge is 0.326 e. The summed E-state index contributed by atoms with van der Waals surface area (Å²) in [5, 5.41) is 4.27. The van der Waals surface area contributed by atoms with Crippen molar-refractivity contribution in [3.8, 4) is 0 Å². The second-order valence-electron chi connectivity index (χ2n) is 5.34. The number of para-hydroxylation sites is 1. The van der Waals surface area contributed by atoms with Gasteiger partial charge in [-0.3, -0.25) is 9.48 Å². The lowest BCUT2D eigenvalue weighted by Gasteiger charge is -2.32. The number of hydrogen-bond acceptors (Lipinski definition) is 3. The van der Waals surface area contributed by atoms with Crippen molar-refractivity contribution in [2.75, 3.05) is 11.4 Å². The van der Waals surface area contributed by atoms with E-state index in [1.165, 1.54) is 0 Å². The molecule has 0 spiro atoms. The van der Waals surface area contributed by atoms with Crippen molar-refractivity contribution in [2.24, 2.45) is 12.8 Å². The Hall–Kier alpha value is -2.14. The second-order valence-corrected chi connectivity index (χ2v) is 5.34. The summed E-state index contributed by atoms with van der Waals surface area (Å²) in [7, 11) is 1.82. The Morgan fingerprint density at radius 1 is 1.40 bits per heavy atom. The Morgan fingerprint density at radius 3 is 2.85 bits per heavy atom. The third kappa shape index (κ3) is 2.10. The number of rotatable bonds is 1. The molecule has 3 rings (SSSR count). The van der Waals surface area contributed by atoms with Crippen molar-refractivity contribution in [1.82, 2.24) is 9.78 Å². The van der Waals surface area contributed by atoms with Crippen LogP contribution in [0.25, 0.3) is 0 Å². The topological polar surface area (TPSA) is 64.2 Å². The Labute approximate surface area is 118 Å². The first kappa shape index (κ1) is 12.9. The van der Waals surface area contributed by atoms with Gasteiger partial charge in [0.25, 0.3) is 5.91 Å². The molecule has 1 aliphatic heterocycles. The number of hydrogen-bond donors (Lipinski definition) is 1. The standard InChI is InChI=1S/C15H18N4O/c1-10-8-18(2)17-14(10)15(20)19-9-12(16)7-11-5-3-4-6-13(11)19/h3-6,8,12H,7,9,16H2,1-2H3. The lowest BCUT2D eigenvalue weighted by atomic mass is 9.98. The fourth-order valence-electron chi connectivity index (χ4n) is 2.77. The lowest BCUT2D eigenvalue weighted by Crippen LogP contribution is -2.46. The van der Waals surface area contributed by atoms with Crippen molar-refractivity contribution in [3.05, 3.63) is 47.3 Å². The number of nitrogens with zero attached hydrogens (tertiary/aromatic N) is 3. The molecule has 1 amide bonds. The number of carbonyl (C=O) groups excluding carboxylic acids is 1. The zero-order valence-corrected chi connectivity index (χ0v) is 11.7. The molecule has 2 N–H and O–H groups in total. The fourth-order valence-corrected chi connectivity index (χ4v) is 2.77. The van der Waals surface area contributed by atoms with Gasteiger partial charge in [-0.05, 0) is 25.0 Å². The molecule has 5 heteroatoms. The molecule has 1 aliphatic rings. The van der Waals surface area contributed by atoms with Crippen LogP contribution in [-0.4, -0.2) is 28.3 Å². The van der Waals surface area contributed by atoms with Crippen LogP contribution >= 0.6 is 0 Å². The molecule has 0 bridgehead atoms. The molecular formula is C15H18N4O. The van der Waals surface area contributed by atoms with E-state index in [0.717, 1.165) is 23.2 Å². The van der Waals surface area contributed by atoms with E-state index in [0.29, 0.717) is 12.2 Å². The molecule has 1 atom stereocenters. The van der Waals surface area contributed by atoms with Gasteiger partial charge in [0.15, 0.2) is 5.69 Å². The first-order chi connectivity index (χ1) is 9.56. The number of benzene rings is 1. The van der Waals surface area contributed by atoms with Crippen molar-refractivity contribution < 1.29 is 4.79 Å². The van der Waals surface area contributed by atoms with Crippen LogP contribution in [-0.2, 0) is 13.5 Å². The van der Waals surface area contributed by atoms with Crippen molar-refractivity contribution >= 4 is 11.6 Å². The van der Waals surface area contributed by atoms with Gasteiger partial charge < -0.3 is 10.6 Å². The van der Waals surface area contributed by atoms with Crippen molar-refractivity contribution in [3.63, 3.8) is 0 Å². The minimum absolute atomic E-state index is 0.0298. The average Bonchev–Trinajstić information content (AvgIpc) is 2.76. The lowest BCUT2D eigenvalue weighted by molar-refractivity contribution is 0.0977. The quantitative estimate of drug-likeness (QED) is 0.848. The molecule has 2 aromatic rings. The maximum absolute atomic E-state index is 12.7. The van der Waals surface area contributed by atoms with Crippen LogP contribution in [0.3, 0.4) is 0 Å². The van der Waals surface area contributed by atoms with Crippen LogP contribution in [0.5, 0.6) is 0 Å². The Bertz CT molecular complexity index is 662. The predicted octanol–water partition coefficient (Wildman–Crippen LogP) is 1.26. The summed E-state index contributed by atoms with van der Waals surface area (Å²) >= 11 is 0. The van der Waals surface area contributed by atoms with Crippen molar-refractivity contribution in [2.45, 2.75) is 19.4 Å². The van der Waals surface area contributed by atoms with E-state index < -0.39 is 0 Å². The van der Waals surface area contributed by atoms with Gasteiger partial charge in [0, 0.05) is 37.1 Å². The zero-order chi connectivity index (χ0) is 14.3. The van der Waals surface area contributed by atoms with E-state index in [9.17, 15) is 4.79 Å². The number of nitrogens with two attached hydrogens (primary N) is 1. The third-order valence-electron chi connectivity index (χ3n) is 3.64. The summed E-state index contributed by atoms with van der Waals surface area (Å²) in [6.07, 6.45) is 2.66. The van der Waals surface area contributed by atoms with Crippen LogP contribution in [0, 0.1) is 6.92 Å². The van der Waals surface area contributed by atoms with Crippen molar-refractivity contribution in [1.29, 1.82) is 0 Å². The van der Waals surface area contributed by atoms with E-state index in [1.807, 2.05) is 44.4 Å². The van der Waals surface area contributed by atoms with Gasteiger partial charge in [-0.25, -0.2) is 0 Å². The molecule has 0 radical (unpaired) electrons.